The minimum atomic E-state index is -0.908. The van der Waals surface area contributed by atoms with Crippen molar-refractivity contribution < 1.29 is 19.4 Å². The van der Waals surface area contributed by atoms with Crippen molar-refractivity contribution in [2.45, 2.75) is 26.2 Å². The Morgan fingerprint density at radius 1 is 1.20 bits per heavy atom. The van der Waals surface area contributed by atoms with Gasteiger partial charge in [-0.3, -0.25) is 9.59 Å². The molecule has 0 radical (unpaired) electrons. The number of nitrogens with zero attached hydrogens (tertiary/aromatic N) is 1. The predicted octanol–water partition coefficient (Wildman–Crippen LogP) is 3.29. The first-order valence-corrected chi connectivity index (χ1v) is 8.29. The van der Waals surface area contributed by atoms with Crippen LogP contribution >= 0.6 is 0 Å². The number of amides is 1. The molecule has 2 aromatic carbocycles. The minimum Gasteiger partial charge on any atom is -0.493 e. The van der Waals surface area contributed by atoms with Gasteiger partial charge < -0.3 is 14.7 Å². The van der Waals surface area contributed by atoms with Crippen LogP contribution in [0.25, 0.3) is 0 Å². The van der Waals surface area contributed by atoms with Crippen LogP contribution in [0, 0.1) is 13.8 Å². The summed E-state index contributed by atoms with van der Waals surface area (Å²) < 4.78 is 5.72. The maximum Gasteiger partial charge on any atom is 0.312 e. The van der Waals surface area contributed by atoms with Crippen LogP contribution in [0.1, 0.15) is 29.0 Å². The molecule has 1 N–H and O–H groups in total. The third-order valence-electron chi connectivity index (χ3n) is 4.47. The second kappa shape index (κ2) is 6.97. The van der Waals surface area contributed by atoms with E-state index in [0.29, 0.717) is 11.3 Å². The quantitative estimate of drug-likeness (QED) is 0.908. The number of aliphatic carboxylic acids is 1. The number of hydrogen-bond donors (Lipinski definition) is 1. The topological polar surface area (TPSA) is 66.8 Å². The average Bonchev–Trinajstić information content (AvgIpc) is 2.97. The highest BCUT2D eigenvalue weighted by Gasteiger charge is 2.35. The van der Waals surface area contributed by atoms with Gasteiger partial charge in [0.05, 0.1) is 13.0 Å². The van der Waals surface area contributed by atoms with E-state index in [9.17, 15) is 14.7 Å². The zero-order valence-electron chi connectivity index (χ0n) is 14.4. The molecule has 1 atom stereocenters. The molecule has 3 rings (SSSR count). The highest BCUT2D eigenvalue weighted by molar-refractivity contribution is 5.99. The number of para-hydroxylation sites is 1. The number of carboxylic acids is 1. The Labute approximate surface area is 146 Å². The van der Waals surface area contributed by atoms with E-state index >= 15 is 0 Å². The largest absolute Gasteiger partial charge is 0.493 e. The zero-order valence-corrected chi connectivity index (χ0v) is 14.4. The lowest BCUT2D eigenvalue weighted by Crippen LogP contribution is -2.32. The van der Waals surface area contributed by atoms with Gasteiger partial charge in [-0.2, -0.15) is 0 Å². The summed E-state index contributed by atoms with van der Waals surface area (Å²) >= 11 is 0. The van der Waals surface area contributed by atoms with E-state index in [1.807, 2.05) is 38.1 Å². The molecular weight excluding hydrogens is 318 g/mol. The van der Waals surface area contributed by atoms with E-state index in [1.165, 1.54) is 0 Å². The highest BCUT2D eigenvalue weighted by Crippen LogP contribution is 2.36. The summed E-state index contributed by atoms with van der Waals surface area (Å²) in [5.74, 6) is -0.931. The molecule has 1 aliphatic heterocycles. The number of hydrogen-bond acceptors (Lipinski definition) is 3. The van der Waals surface area contributed by atoms with Crippen LogP contribution in [-0.2, 0) is 9.59 Å². The Morgan fingerprint density at radius 3 is 2.68 bits per heavy atom. The Hall–Kier alpha value is -2.82. The van der Waals surface area contributed by atoms with Crippen LogP contribution in [0.2, 0.25) is 0 Å². The van der Waals surface area contributed by atoms with Gasteiger partial charge in [0.1, 0.15) is 11.7 Å². The molecule has 25 heavy (non-hydrogen) atoms. The molecular formula is C20H21NO4. The molecule has 1 aliphatic rings. The maximum absolute atomic E-state index is 12.6. The molecule has 1 heterocycles. The van der Waals surface area contributed by atoms with Crippen LogP contribution in [-0.4, -0.2) is 30.1 Å². The summed E-state index contributed by atoms with van der Waals surface area (Å²) in [6.45, 7) is 4.43. The lowest BCUT2D eigenvalue weighted by Gasteiger charge is -2.18. The van der Waals surface area contributed by atoms with Crippen LogP contribution in [0.4, 0.5) is 5.69 Å². The van der Waals surface area contributed by atoms with Crippen molar-refractivity contribution in [2.75, 3.05) is 18.1 Å². The second-order valence-electron chi connectivity index (χ2n) is 6.32. The Balaban J connectivity index is 1.65. The summed E-state index contributed by atoms with van der Waals surface area (Å²) in [6, 6.07) is 13.1. The normalized spacial score (nSPS) is 15.8. The van der Waals surface area contributed by atoms with Crippen molar-refractivity contribution >= 4 is 17.6 Å². The molecule has 0 saturated heterocycles. The van der Waals surface area contributed by atoms with E-state index in [2.05, 4.69) is 0 Å². The lowest BCUT2D eigenvalue weighted by atomic mass is 10.0. The Morgan fingerprint density at radius 2 is 1.96 bits per heavy atom. The van der Waals surface area contributed by atoms with Gasteiger partial charge in [0, 0.05) is 12.2 Å². The van der Waals surface area contributed by atoms with Gasteiger partial charge in [-0.25, -0.2) is 0 Å². The van der Waals surface area contributed by atoms with Crippen LogP contribution in [0.15, 0.2) is 42.5 Å². The first-order valence-electron chi connectivity index (χ1n) is 8.29. The monoisotopic (exact) mass is 339 g/mol. The third-order valence-corrected chi connectivity index (χ3v) is 4.47. The number of carboxylic acid groups (broad SMARTS) is 1. The smallest absolute Gasteiger partial charge is 0.312 e. The fraction of sp³-hybridized carbons (Fsp3) is 0.300. The summed E-state index contributed by atoms with van der Waals surface area (Å²) in [5.41, 5.74) is 3.57. The van der Waals surface area contributed by atoms with Gasteiger partial charge in [-0.1, -0.05) is 35.9 Å². The summed E-state index contributed by atoms with van der Waals surface area (Å²) in [4.78, 5) is 25.5. The predicted molar refractivity (Wildman–Crippen MR) is 95.2 cm³/mol. The minimum absolute atomic E-state index is 0.124. The van der Waals surface area contributed by atoms with Crippen molar-refractivity contribution in [1.29, 1.82) is 0 Å². The average molecular weight is 339 g/mol. The number of fused-ring (bicyclic) bond motifs is 1. The first kappa shape index (κ1) is 17.0. The summed E-state index contributed by atoms with van der Waals surface area (Å²) in [6.07, 6.45) is 0.202. The lowest BCUT2D eigenvalue weighted by molar-refractivity contribution is -0.138. The van der Waals surface area contributed by atoms with Gasteiger partial charge in [0.25, 0.3) is 0 Å². The van der Waals surface area contributed by atoms with Crippen molar-refractivity contribution in [3.8, 4) is 5.75 Å². The van der Waals surface area contributed by atoms with Gasteiger partial charge in [0.15, 0.2) is 0 Å². The van der Waals surface area contributed by atoms with Crippen LogP contribution in [0.3, 0.4) is 0 Å². The Kier molecular flexibility index (Phi) is 4.74. The molecule has 5 nitrogen and oxygen atoms in total. The van der Waals surface area contributed by atoms with E-state index < -0.39 is 11.9 Å². The number of anilines is 1. The molecule has 0 aliphatic carbocycles. The maximum atomic E-state index is 12.6. The van der Waals surface area contributed by atoms with E-state index in [-0.39, 0.29) is 25.5 Å². The van der Waals surface area contributed by atoms with E-state index in [4.69, 9.17) is 4.74 Å². The Bertz CT molecular complexity index is 815. The number of ether oxygens (including phenoxy) is 1. The van der Waals surface area contributed by atoms with Gasteiger partial charge in [-0.15, -0.1) is 0 Å². The van der Waals surface area contributed by atoms with Gasteiger partial charge >= 0.3 is 5.97 Å². The zero-order chi connectivity index (χ0) is 18.0. The third kappa shape index (κ3) is 3.50. The van der Waals surface area contributed by atoms with Crippen molar-refractivity contribution in [2.24, 2.45) is 0 Å². The molecule has 0 fully saturated rings. The molecule has 1 unspecified atom stereocenters. The van der Waals surface area contributed by atoms with Gasteiger partial charge in [-0.05, 0) is 37.1 Å². The van der Waals surface area contributed by atoms with E-state index in [0.717, 1.165) is 16.9 Å². The highest BCUT2D eigenvalue weighted by atomic mass is 16.5. The number of aryl methyl sites for hydroxylation is 2. The number of benzene rings is 2. The summed E-state index contributed by atoms with van der Waals surface area (Å²) in [5, 5.41) is 9.37. The SMILES string of the molecule is Cc1ccc(OCCC(=O)N2CC(C(=O)O)c3ccccc32)c(C)c1. The molecule has 5 heteroatoms. The fourth-order valence-corrected chi connectivity index (χ4v) is 3.20. The molecule has 0 spiro atoms. The molecule has 0 bridgehead atoms. The van der Waals surface area contributed by atoms with Gasteiger partial charge in [0.2, 0.25) is 5.91 Å². The number of rotatable bonds is 5. The number of carbonyl (C=O) groups excluding carboxylic acids is 1. The van der Waals surface area contributed by atoms with Crippen molar-refractivity contribution in [1.82, 2.24) is 0 Å². The standard InChI is InChI=1S/C20H21NO4/c1-13-7-8-18(14(2)11-13)25-10-9-19(22)21-12-16(20(23)24)15-5-3-4-6-17(15)21/h3-8,11,16H,9-10,12H2,1-2H3,(H,23,24). The molecule has 0 saturated carbocycles. The molecule has 0 aromatic heterocycles. The van der Waals surface area contributed by atoms with E-state index in [1.54, 1.807) is 23.1 Å². The van der Waals surface area contributed by atoms with Crippen LogP contribution in [0.5, 0.6) is 5.75 Å². The number of carbonyl (C=O) groups is 2. The molecule has 2 aromatic rings. The molecule has 130 valence electrons. The summed E-state index contributed by atoms with van der Waals surface area (Å²) in [7, 11) is 0. The molecule has 1 amide bonds. The second-order valence-corrected chi connectivity index (χ2v) is 6.32. The van der Waals surface area contributed by atoms with Crippen molar-refractivity contribution in [3.05, 3.63) is 59.2 Å². The van der Waals surface area contributed by atoms with Crippen molar-refractivity contribution in [3.63, 3.8) is 0 Å². The first-order chi connectivity index (χ1) is 12.0. The fourth-order valence-electron chi connectivity index (χ4n) is 3.20. The van der Waals surface area contributed by atoms with Crippen LogP contribution < -0.4 is 9.64 Å².